The van der Waals surface area contributed by atoms with Crippen LogP contribution in [-0.2, 0) is 9.53 Å². The summed E-state index contributed by atoms with van der Waals surface area (Å²) >= 11 is 0. The number of hydrogen-bond donors (Lipinski definition) is 0. The van der Waals surface area contributed by atoms with Gasteiger partial charge in [0.25, 0.3) is 0 Å². The molecule has 0 aromatic carbocycles. The molecule has 2 nitrogen and oxygen atoms in total. The minimum absolute atomic E-state index is 0.160. The molecule has 0 radical (unpaired) electrons. The van der Waals surface area contributed by atoms with Gasteiger partial charge in [-0.2, -0.15) is 0 Å². The van der Waals surface area contributed by atoms with Crippen LogP contribution in [0.2, 0.25) is 0 Å². The summed E-state index contributed by atoms with van der Waals surface area (Å²) in [5.41, 5.74) is 0. The Hall–Kier alpha value is -1.64. The van der Waals surface area contributed by atoms with E-state index < -0.39 is 0 Å². The number of rotatable bonds is 14. The number of esters is 1. The van der Waals surface area contributed by atoms with Crippen molar-refractivity contribution < 1.29 is 13.9 Å². The lowest BCUT2D eigenvalue weighted by molar-refractivity contribution is -0.140. The van der Waals surface area contributed by atoms with Crippen molar-refractivity contribution in [3.8, 4) is 0 Å². The molecule has 0 saturated heterocycles. The molecule has 0 bridgehead atoms. The van der Waals surface area contributed by atoms with E-state index in [9.17, 15) is 9.18 Å². The van der Waals surface area contributed by atoms with Crippen LogP contribution in [0.1, 0.15) is 71.1 Å². The van der Waals surface area contributed by atoms with Crippen LogP contribution in [0.3, 0.4) is 0 Å². The summed E-state index contributed by atoms with van der Waals surface area (Å²) in [4.78, 5) is 10.9. The van der Waals surface area contributed by atoms with Crippen molar-refractivity contribution in [1.29, 1.82) is 0 Å². The molecule has 0 atom stereocenters. The first-order valence-electron chi connectivity index (χ1n) is 9.07. The quantitative estimate of drug-likeness (QED) is 0.203. The predicted molar refractivity (Wildman–Crippen MR) is 100 cm³/mol. The van der Waals surface area contributed by atoms with Gasteiger partial charge in [-0.3, -0.25) is 4.79 Å². The first-order chi connectivity index (χ1) is 11.7. The van der Waals surface area contributed by atoms with E-state index in [4.69, 9.17) is 0 Å². The summed E-state index contributed by atoms with van der Waals surface area (Å²) in [6, 6.07) is 0. The Morgan fingerprint density at radius 3 is 2.12 bits per heavy atom. The maximum Gasteiger partial charge on any atom is 0.305 e. The van der Waals surface area contributed by atoms with Crippen LogP contribution in [0.25, 0.3) is 0 Å². The van der Waals surface area contributed by atoms with Gasteiger partial charge in [0.15, 0.2) is 0 Å². The molecule has 3 heteroatoms. The summed E-state index contributed by atoms with van der Waals surface area (Å²) in [5, 5.41) is 0. The van der Waals surface area contributed by atoms with E-state index in [1.54, 1.807) is 6.08 Å². The average molecular weight is 336 g/mol. The Balaban J connectivity index is 3.61. The minimum Gasteiger partial charge on any atom is -0.469 e. The number of hydrogen-bond acceptors (Lipinski definition) is 2. The van der Waals surface area contributed by atoms with Gasteiger partial charge >= 0.3 is 5.97 Å². The van der Waals surface area contributed by atoms with E-state index in [0.29, 0.717) is 19.3 Å². The standard InChI is InChI=1S/C21H33FO2/c1-3-4-5-6-7-8-9-10-11-12-13-14-15-17-20(22)18-16-19-21(23)24-2/h7-8,10-11,13-14,17H,3-6,9,12,15-16,18-19H2,1-2H3. The largest absolute Gasteiger partial charge is 0.469 e. The molecule has 0 aliphatic carbocycles. The maximum atomic E-state index is 13.4. The fraction of sp³-hybridized carbons (Fsp3) is 0.571. The van der Waals surface area contributed by atoms with E-state index in [2.05, 4.69) is 36.0 Å². The van der Waals surface area contributed by atoms with Crippen LogP contribution in [0.5, 0.6) is 0 Å². The van der Waals surface area contributed by atoms with Gasteiger partial charge < -0.3 is 4.74 Å². The zero-order valence-corrected chi connectivity index (χ0v) is 15.3. The third kappa shape index (κ3) is 16.7. The molecule has 0 saturated carbocycles. The van der Waals surface area contributed by atoms with Crippen molar-refractivity contribution >= 4 is 5.97 Å². The summed E-state index contributed by atoms with van der Waals surface area (Å²) < 4.78 is 17.9. The van der Waals surface area contributed by atoms with E-state index >= 15 is 0 Å². The lowest BCUT2D eigenvalue weighted by atomic mass is 10.2. The Kier molecular flexibility index (Phi) is 16.5. The number of allylic oxidation sites excluding steroid dienone is 8. The van der Waals surface area contributed by atoms with Crippen LogP contribution in [0.15, 0.2) is 48.4 Å². The van der Waals surface area contributed by atoms with Crippen molar-refractivity contribution in [3.05, 3.63) is 48.4 Å². The summed E-state index contributed by atoms with van der Waals surface area (Å²) in [5.74, 6) is -0.447. The van der Waals surface area contributed by atoms with Gasteiger partial charge in [0.1, 0.15) is 0 Å². The topological polar surface area (TPSA) is 26.3 Å². The van der Waals surface area contributed by atoms with Gasteiger partial charge in [-0.15, -0.1) is 0 Å². The SMILES string of the molecule is CCCCCC=CCC=CCC=CCC=C(F)CCCC(=O)OC. The fourth-order valence-corrected chi connectivity index (χ4v) is 2.07. The molecule has 0 amide bonds. The highest BCUT2D eigenvalue weighted by Crippen LogP contribution is 2.10. The van der Waals surface area contributed by atoms with E-state index in [1.807, 2.05) is 12.2 Å². The predicted octanol–water partition coefficient (Wildman–Crippen LogP) is 6.60. The third-order valence-electron chi connectivity index (χ3n) is 3.52. The van der Waals surface area contributed by atoms with Crippen LogP contribution in [0.4, 0.5) is 4.39 Å². The summed E-state index contributed by atoms with van der Waals surface area (Å²) in [7, 11) is 1.34. The molecule has 0 N–H and O–H groups in total. The second-order valence-electron chi connectivity index (χ2n) is 5.70. The number of halogens is 1. The van der Waals surface area contributed by atoms with Gasteiger partial charge in [0.05, 0.1) is 12.9 Å². The molecule has 0 unspecified atom stereocenters. The van der Waals surface area contributed by atoms with E-state index in [1.165, 1.54) is 32.8 Å². The van der Waals surface area contributed by atoms with Crippen LogP contribution < -0.4 is 0 Å². The lowest BCUT2D eigenvalue weighted by Gasteiger charge is -1.97. The number of methoxy groups -OCH3 is 1. The van der Waals surface area contributed by atoms with E-state index in [-0.39, 0.29) is 18.2 Å². The fourth-order valence-electron chi connectivity index (χ4n) is 2.07. The van der Waals surface area contributed by atoms with Gasteiger partial charge in [0, 0.05) is 6.42 Å². The first-order valence-corrected chi connectivity index (χ1v) is 9.07. The molecule has 0 aromatic rings. The average Bonchev–Trinajstić information content (AvgIpc) is 2.58. The maximum absolute atomic E-state index is 13.4. The summed E-state index contributed by atoms with van der Waals surface area (Å²) in [6.45, 7) is 2.22. The van der Waals surface area contributed by atoms with Crippen molar-refractivity contribution in [2.75, 3.05) is 7.11 Å². The highest BCUT2D eigenvalue weighted by Gasteiger charge is 2.01. The molecular formula is C21H33FO2. The third-order valence-corrected chi connectivity index (χ3v) is 3.52. The van der Waals surface area contributed by atoms with Crippen molar-refractivity contribution in [2.24, 2.45) is 0 Å². The van der Waals surface area contributed by atoms with Crippen LogP contribution in [0, 0.1) is 0 Å². The van der Waals surface area contributed by atoms with Gasteiger partial charge in [-0.1, -0.05) is 56.2 Å². The molecular weight excluding hydrogens is 303 g/mol. The number of carbonyl (C=O) groups excluding carboxylic acids is 1. The molecule has 0 spiro atoms. The van der Waals surface area contributed by atoms with Gasteiger partial charge in [-0.25, -0.2) is 4.39 Å². The Morgan fingerprint density at radius 2 is 1.50 bits per heavy atom. The van der Waals surface area contributed by atoms with Crippen molar-refractivity contribution in [1.82, 2.24) is 0 Å². The Morgan fingerprint density at radius 1 is 0.875 bits per heavy atom. The van der Waals surface area contributed by atoms with Crippen LogP contribution in [-0.4, -0.2) is 13.1 Å². The monoisotopic (exact) mass is 336 g/mol. The molecule has 0 fully saturated rings. The van der Waals surface area contributed by atoms with E-state index in [0.717, 1.165) is 12.8 Å². The number of carbonyl (C=O) groups is 1. The molecule has 0 aromatic heterocycles. The van der Waals surface area contributed by atoms with Crippen molar-refractivity contribution in [2.45, 2.75) is 71.1 Å². The number of unbranched alkanes of at least 4 members (excludes halogenated alkanes) is 3. The normalized spacial score (nSPS) is 12.7. The number of ether oxygens (including phenoxy) is 1. The molecule has 0 aliphatic heterocycles. The highest BCUT2D eigenvalue weighted by molar-refractivity contribution is 5.69. The zero-order valence-electron chi connectivity index (χ0n) is 15.3. The molecule has 0 aliphatic rings. The van der Waals surface area contributed by atoms with Gasteiger partial charge in [0.2, 0.25) is 0 Å². The Labute approximate surface area is 147 Å². The second-order valence-corrected chi connectivity index (χ2v) is 5.70. The first kappa shape index (κ1) is 22.4. The minimum atomic E-state index is -0.287. The van der Waals surface area contributed by atoms with Crippen molar-refractivity contribution in [3.63, 3.8) is 0 Å². The van der Waals surface area contributed by atoms with Gasteiger partial charge in [-0.05, 0) is 51.0 Å². The molecule has 0 rings (SSSR count). The molecule has 136 valence electrons. The smallest absolute Gasteiger partial charge is 0.305 e. The Bertz CT molecular complexity index is 420. The molecule has 0 heterocycles. The highest BCUT2D eigenvalue weighted by atomic mass is 19.1. The second kappa shape index (κ2) is 17.7. The van der Waals surface area contributed by atoms with Crippen LogP contribution >= 0.6 is 0 Å². The lowest BCUT2D eigenvalue weighted by Crippen LogP contribution is -1.99. The summed E-state index contributed by atoms with van der Waals surface area (Å²) in [6.07, 6.45) is 22.9. The molecule has 24 heavy (non-hydrogen) atoms. The zero-order chi connectivity index (χ0) is 17.9.